The second kappa shape index (κ2) is 5.31. The maximum absolute atomic E-state index is 13.5. The Morgan fingerprint density at radius 2 is 2.16 bits per heavy atom. The summed E-state index contributed by atoms with van der Waals surface area (Å²) < 4.78 is 30.8. The summed E-state index contributed by atoms with van der Waals surface area (Å²) in [6, 6.07) is 3.16. The van der Waals surface area contributed by atoms with Crippen LogP contribution >= 0.6 is 11.3 Å². The van der Waals surface area contributed by atoms with Crippen LogP contribution in [-0.2, 0) is 4.74 Å². The molecule has 0 aliphatic heterocycles. The van der Waals surface area contributed by atoms with Crippen LogP contribution in [0.15, 0.2) is 18.2 Å². The van der Waals surface area contributed by atoms with Crippen LogP contribution < -0.4 is 5.32 Å². The van der Waals surface area contributed by atoms with Gasteiger partial charge in [-0.25, -0.2) is 18.6 Å². The topological polar surface area (TPSA) is 51.2 Å². The van der Waals surface area contributed by atoms with Gasteiger partial charge in [-0.1, -0.05) is 0 Å². The molecule has 0 aliphatic carbocycles. The van der Waals surface area contributed by atoms with Gasteiger partial charge in [-0.2, -0.15) is 0 Å². The van der Waals surface area contributed by atoms with Crippen molar-refractivity contribution < 1.29 is 18.3 Å². The summed E-state index contributed by atoms with van der Waals surface area (Å²) >= 11 is 1.18. The molecule has 7 heteroatoms. The first-order chi connectivity index (χ1) is 9.01. The molecule has 0 aliphatic rings. The number of aromatic nitrogens is 1. The van der Waals surface area contributed by atoms with Crippen molar-refractivity contribution in [2.45, 2.75) is 6.92 Å². The summed E-state index contributed by atoms with van der Waals surface area (Å²) in [5, 5.41) is 3.03. The number of nitrogens with zero attached hydrogens (tertiary/aromatic N) is 1. The largest absolute Gasteiger partial charge is 0.464 e. The van der Waals surface area contributed by atoms with Crippen LogP contribution in [0.25, 0.3) is 0 Å². The van der Waals surface area contributed by atoms with Crippen molar-refractivity contribution in [2.75, 3.05) is 12.4 Å². The van der Waals surface area contributed by atoms with E-state index in [1.54, 1.807) is 6.92 Å². The zero-order valence-corrected chi connectivity index (χ0v) is 11.0. The molecule has 100 valence electrons. The number of nitrogens with one attached hydrogen (secondary N) is 1. The summed E-state index contributed by atoms with van der Waals surface area (Å²) in [6.45, 7) is 1.70. The average Bonchev–Trinajstić information content (AvgIpc) is 2.73. The number of benzene rings is 1. The number of ether oxygens (including phenoxy) is 1. The first-order valence-corrected chi connectivity index (χ1v) is 6.10. The Morgan fingerprint density at radius 3 is 2.79 bits per heavy atom. The van der Waals surface area contributed by atoms with E-state index < -0.39 is 17.6 Å². The molecule has 0 fully saturated rings. The molecular formula is C12H10F2N2O2S. The molecule has 1 heterocycles. The molecule has 0 unspecified atom stereocenters. The highest BCUT2D eigenvalue weighted by atomic mass is 32.1. The maximum Gasteiger partial charge on any atom is 0.357 e. The second-order valence-electron chi connectivity index (χ2n) is 3.66. The summed E-state index contributed by atoms with van der Waals surface area (Å²) in [5.74, 6) is -1.94. The predicted octanol–water partition coefficient (Wildman–Crippen LogP) is 3.26. The van der Waals surface area contributed by atoms with Crippen LogP contribution in [0, 0.1) is 18.6 Å². The van der Waals surface area contributed by atoms with Gasteiger partial charge in [-0.05, 0) is 19.1 Å². The fourth-order valence-electron chi connectivity index (χ4n) is 1.44. The number of hydrogen-bond donors (Lipinski definition) is 1. The van der Waals surface area contributed by atoms with E-state index in [4.69, 9.17) is 0 Å². The third-order valence-corrected chi connectivity index (χ3v) is 3.23. The zero-order valence-electron chi connectivity index (χ0n) is 10.2. The highest BCUT2D eigenvalue weighted by Gasteiger charge is 2.16. The molecule has 19 heavy (non-hydrogen) atoms. The minimum atomic E-state index is -0.729. The highest BCUT2D eigenvalue weighted by Crippen LogP contribution is 2.27. The molecule has 0 atom stereocenters. The molecule has 0 saturated carbocycles. The fourth-order valence-corrected chi connectivity index (χ4v) is 2.26. The molecule has 1 aromatic carbocycles. The first-order valence-electron chi connectivity index (χ1n) is 5.29. The van der Waals surface area contributed by atoms with Crippen molar-refractivity contribution in [3.8, 4) is 0 Å². The zero-order chi connectivity index (χ0) is 14.0. The van der Waals surface area contributed by atoms with Gasteiger partial charge in [0.15, 0.2) is 10.8 Å². The number of anilines is 2. The van der Waals surface area contributed by atoms with E-state index in [9.17, 15) is 13.6 Å². The normalized spacial score (nSPS) is 10.3. The van der Waals surface area contributed by atoms with Crippen molar-refractivity contribution in [3.05, 3.63) is 40.4 Å². The second-order valence-corrected chi connectivity index (χ2v) is 4.87. The van der Waals surface area contributed by atoms with Gasteiger partial charge in [0.2, 0.25) is 0 Å². The van der Waals surface area contributed by atoms with Gasteiger partial charge < -0.3 is 10.1 Å². The Hall–Kier alpha value is -2.02. The van der Waals surface area contributed by atoms with Crippen LogP contribution in [0.4, 0.5) is 19.6 Å². The Kier molecular flexibility index (Phi) is 3.75. The first kappa shape index (κ1) is 13.4. The summed E-state index contributed by atoms with van der Waals surface area (Å²) in [7, 11) is 1.26. The molecule has 2 rings (SSSR count). The summed E-state index contributed by atoms with van der Waals surface area (Å²) in [5.41, 5.74) is 0.268. The maximum atomic E-state index is 13.5. The summed E-state index contributed by atoms with van der Waals surface area (Å²) in [6.07, 6.45) is 0. The van der Waals surface area contributed by atoms with Crippen LogP contribution in [0.3, 0.4) is 0 Å². The standard InChI is InChI=1S/C12H10F2N2O2S/c1-6-10(11(17)18-2)16-12(19-6)15-9-4-3-7(13)5-8(9)14/h3-5H,1-2H3,(H,15,16). The SMILES string of the molecule is COC(=O)c1nc(Nc2ccc(F)cc2F)sc1C. The Balaban J connectivity index is 2.26. The number of carbonyl (C=O) groups is 1. The van der Waals surface area contributed by atoms with Crippen molar-refractivity contribution in [2.24, 2.45) is 0 Å². The predicted molar refractivity (Wildman–Crippen MR) is 67.8 cm³/mol. The molecule has 0 radical (unpaired) electrons. The van der Waals surface area contributed by atoms with E-state index in [-0.39, 0.29) is 11.4 Å². The quantitative estimate of drug-likeness (QED) is 0.879. The fraction of sp³-hybridized carbons (Fsp3) is 0.167. The number of halogens is 2. The number of esters is 1. The third kappa shape index (κ3) is 2.87. The number of rotatable bonds is 3. The molecule has 0 amide bonds. The van der Waals surface area contributed by atoms with Crippen molar-refractivity contribution in [1.29, 1.82) is 0 Å². The minimum Gasteiger partial charge on any atom is -0.464 e. The number of methoxy groups -OCH3 is 1. The van der Waals surface area contributed by atoms with Gasteiger partial charge in [-0.3, -0.25) is 0 Å². The van der Waals surface area contributed by atoms with Crippen LogP contribution in [0.5, 0.6) is 0 Å². The summed E-state index contributed by atoms with van der Waals surface area (Å²) in [4.78, 5) is 16.0. The van der Waals surface area contributed by atoms with E-state index in [1.807, 2.05) is 0 Å². The molecule has 0 bridgehead atoms. The molecule has 1 N–H and O–H groups in total. The highest BCUT2D eigenvalue weighted by molar-refractivity contribution is 7.15. The van der Waals surface area contributed by atoms with Crippen molar-refractivity contribution >= 4 is 28.1 Å². The average molecular weight is 284 g/mol. The minimum absolute atomic E-state index is 0.0894. The van der Waals surface area contributed by atoms with E-state index in [2.05, 4.69) is 15.0 Å². The van der Waals surface area contributed by atoms with Crippen LogP contribution in [-0.4, -0.2) is 18.1 Å². The monoisotopic (exact) mass is 284 g/mol. The van der Waals surface area contributed by atoms with Gasteiger partial charge in [-0.15, -0.1) is 11.3 Å². The van der Waals surface area contributed by atoms with Gasteiger partial charge >= 0.3 is 5.97 Å². The number of thiazole rings is 1. The Morgan fingerprint density at radius 1 is 1.42 bits per heavy atom. The van der Waals surface area contributed by atoms with Crippen LogP contribution in [0.2, 0.25) is 0 Å². The molecule has 0 spiro atoms. The number of aryl methyl sites for hydroxylation is 1. The molecule has 2 aromatic rings. The third-order valence-electron chi connectivity index (χ3n) is 2.35. The molecule has 1 aromatic heterocycles. The van der Waals surface area contributed by atoms with E-state index in [1.165, 1.54) is 24.5 Å². The smallest absolute Gasteiger partial charge is 0.357 e. The van der Waals surface area contributed by atoms with Crippen LogP contribution in [0.1, 0.15) is 15.4 Å². The molecular weight excluding hydrogens is 274 g/mol. The Bertz CT molecular complexity index is 628. The molecule has 0 saturated heterocycles. The lowest BCUT2D eigenvalue weighted by molar-refractivity contribution is 0.0594. The van der Waals surface area contributed by atoms with Crippen molar-refractivity contribution in [3.63, 3.8) is 0 Å². The molecule has 4 nitrogen and oxygen atoms in total. The lowest BCUT2D eigenvalue weighted by atomic mass is 10.3. The lowest BCUT2D eigenvalue weighted by Crippen LogP contribution is -2.03. The Labute approximate surface area is 112 Å². The van der Waals surface area contributed by atoms with E-state index in [0.29, 0.717) is 10.0 Å². The lowest BCUT2D eigenvalue weighted by Gasteiger charge is -2.03. The number of carbonyl (C=O) groups excluding carboxylic acids is 1. The number of hydrogen-bond acceptors (Lipinski definition) is 5. The van der Waals surface area contributed by atoms with Crippen molar-refractivity contribution in [1.82, 2.24) is 4.98 Å². The van der Waals surface area contributed by atoms with Gasteiger partial charge in [0.25, 0.3) is 0 Å². The van der Waals surface area contributed by atoms with E-state index >= 15 is 0 Å². The van der Waals surface area contributed by atoms with Gasteiger partial charge in [0.05, 0.1) is 12.8 Å². The van der Waals surface area contributed by atoms with E-state index in [0.717, 1.165) is 12.1 Å². The van der Waals surface area contributed by atoms with Gasteiger partial charge in [0, 0.05) is 10.9 Å². The van der Waals surface area contributed by atoms with Gasteiger partial charge in [0.1, 0.15) is 11.6 Å².